The van der Waals surface area contributed by atoms with Crippen LogP contribution in [-0.4, -0.2) is 16.7 Å². The molecule has 1 aromatic heterocycles. The third-order valence-corrected chi connectivity index (χ3v) is 2.96. The zero-order valence-electron chi connectivity index (χ0n) is 11.2. The Morgan fingerprint density at radius 2 is 2.10 bits per heavy atom. The summed E-state index contributed by atoms with van der Waals surface area (Å²) in [5, 5.41) is 18.2. The van der Waals surface area contributed by atoms with Crippen molar-refractivity contribution in [2.24, 2.45) is 5.73 Å². The molecule has 0 aliphatic rings. The Kier molecular flexibility index (Phi) is 3.69. The van der Waals surface area contributed by atoms with Crippen LogP contribution in [0.3, 0.4) is 0 Å². The molecule has 2 aromatic rings. The number of imidazole rings is 1. The largest absolute Gasteiger partial charge is 0.496 e. The Morgan fingerprint density at radius 1 is 1.35 bits per heavy atom. The molecule has 1 heterocycles. The van der Waals surface area contributed by atoms with Crippen molar-refractivity contribution in [2.45, 2.75) is 13.0 Å². The van der Waals surface area contributed by atoms with E-state index in [4.69, 9.17) is 15.7 Å². The predicted octanol–water partition coefficient (Wildman–Crippen LogP) is 1.64. The van der Waals surface area contributed by atoms with Crippen LogP contribution in [0.1, 0.15) is 29.9 Å². The maximum atomic E-state index is 9.21. The van der Waals surface area contributed by atoms with Gasteiger partial charge >= 0.3 is 0 Å². The van der Waals surface area contributed by atoms with Gasteiger partial charge in [0.15, 0.2) is 11.4 Å². The average Bonchev–Trinajstić information content (AvgIpc) is 2.88. The second kappa shape index (κ2) is 5.43. The molecular formula is C14H13N5O. The number of aromatic nitrogens is 2. The van der Waals surface area contributed by atoms with Crippen LogP contribution >= 0.6 is 0 Å². The van der Waals surface area contributed by atoms with E-state index in [0.29, 0.717) is 11.4 Å². The molecule has 0 saturated carbocycles. The number of nitrogens with zero attached hydrogens (tertiary/aromatic N) is 4. The molecule has 0 aliphatic heterocycles. The molecule has 0 unspecified atom stereocenters. The van der Waals surface area contributed by atoms with Gasteiger partial charge < -0.3 is 10.5 Å². The highest BCUT2D eigenvalue weighted by Gasteiger charge is 2.18. The minimum Gasteiger partial charge on any atom is -0.496 e. The Balaban J connectivity index is 2.75. The first kappa shape index (κ1) is 13.6. The number of nitrogens with two attached hydrogens (primary N) is 1. The Hall–Kier alpha value is -2.83. The summed E-state index contributed by atoms with van der Waals surface area (Å²) < 4.78 is 6.87. The number of rotatable bonds is 3. The van der Waals surface area contributed by atoms with Gasteiger partial charge in [-0.05, 0) is 19.1 Å². The third kappa shape index (κ3) is 2.09. The van der Waals surface area contributed by atoms with Crippen LogP contribution in [0.4, 0.5) is 0 Å². The van der Waals surface area contributed by atoms with E-state index in [0.717, 1.165) is 5.56 Å². The molecule has 1 aromatic carbocycles. The molecule has 100 valence electrons. The van der Waals surface area contributed by atoms with Gasteiger partial charge in [0.2, 0.25) is 0 Å². The van der Waals surface area contributed by atoms with E-state index in [1.807, 2.05) is 25.1 Å². The van der Waals surface area contributed by atoms with E-state index in [1.54, 1.807) is 23.8 Å². The first-order valence-electron chi connectivity index (χ1n) is 5.94. The highest BCUT2D eigenvalue weighted by molar-refractivity contribution is 5.54. The molecule has 6 heteroatoms. The predicted molar refractivity (Wildman–Crippen MR) is 72.1 cm³/mol. The molecule has 0 fully saturated rings. The van der Waals surface area contributed by atoms with Crippen molar-refractivity contribution in [1.82, 2.24) is 9.55 Å². The van der Waals surface area contributed by atoms with Gasteiger partial charge in [-0.1, -0.05) is 6.07 Å². The summed E-state index contributed by atoms with van der Waals surface area (Å²) in [5.74, 6) is 0.633. The second-order valence-electron chi connectivity index (χ2n) is 4.22. The van der Waals surface area contributed by atoms with Crippen molar-refractivity contribution in [3.8, 4) is 23.6 Å². The van der Waals surface area contributed by atoms with Gasteiger partial charge in [-0.25, -0.2) is 4.98 Å². The number of benzene rings is 1. The van der Waals surface area contributed by atoms with Crippen molar-refractivity contribution >= 4 is 0 Å². The van der Waals surface area contributed by atoms with Crippen LogP contribution in [0.25, 0.3) is 5.69 Å². The molecule has 0 saturated heterocycles. The summed E-state index contributed by atoms with van der Waals surface area (Å²) in [6.07, 6.45) is 1.44. The smallest absolute Gasteiger partial charge is 0.177 e. The van der Waals surface area contributed by atoms with Gasteiger partial charge in [0.05, 0.1) is 12.8 Å². The van der Waals surface area contributed by atoms with Crippen LogP contribution in [-0.2, 0) is 0 Å². The molecule has 0 radical (unpaired) electrons. The van der Waals surface area contributed by atoms with E-state index in [2.05, 4.69) is 4.98 Å². The van der Waals surface area contributed by atoms with Gasteiger partial charge in [-0.2, -0.15) is 10.5 Å². The maximum Gasteiger partial charge on any atom is 0.177 e. The van der Waals surface area contributed by atoms with E-state index in [1.165, 1.54) is 6.33 Å². The maximum absolute atomic E-state index is 9.21. The molecule has 6 nitrogen and oxygen atoms in total. The van der Waals surface area contributed by atoms with Crippen molar-refractivity contribution in [3.63, 3.8) is 0 Å². The van der Waals surface area contributed by atoms with E-state index in [9.17, 15) is 5.26 Å². The van der Waals surface area contributed by atoms with Crippen LogP contribution < -0.4 is 10.5 Å². The average molecular weight is 267 g/mol. The van der Waals surface area contributed by atoms with Crippen molar-refractivity contribution in [3.05, 3.63) is 41.5 Å². The SMILES string of the molecule is COc1cccc(-n2cnc(C#N)c2C#N)c1[C@H](C)N. The number of ether oxygens (including phenoxy) is 1. The lowest BCUT2D eigenvalue weighted by Gasteiger charge is -2.17. The number of nitriles is 2. The molecule has 0 amide bonds. The molecular weight excluding hydrogens is 254 g/mol. The molecule has 1 atom stereocenters. The summed E-state index contributed by atoms with van der Waals surface area (Å²) in [5.41, 5.74) is 7.71. The van der Waals surface area contributed by atoms with Crippen LogP contribution in [0.2, 0.25) is 0 Å². The highest BCUT2D eigenvalue weighted by Crippen LogP contribution is 2.30. The molecule has 0 bridgehead atoms. The normalized spacial score (nSPS) is 11.4. The minimum absolute atomic E-state index is 0.0888. The monoisotopic (exact) mass is 267 g/mol. The Morgan fingerprint density at radius 3 is 2.65 bits per heavy atom. The lowest BCUT2D eigenvalue weighted by molar-refractivity contribution is 0.406. The van der Waals surface area contributed by atoms with E-state index >= 15 is 0 Å². The fourth-order valence-corrected chi connectivity index (χ4v) is 2.10. The topological polar surface area (TPSA) is 101 Å². The lowest BCUT2D eigenvalue weighted by atomic mass is 10.0. The summed E-state index contributed by atoms with van der Waals surface area (Å²) in [6.45, 7) is 1.83. The fraction of sp³-hybridized carbons (Fsp3) is 0.214. The van der Waals surface area contributed by atoms with Gasteiger partial charge in [0.25, 0.3) is 0 Å². The first-order chi connectivity index (χ1) is 9.63. The van der Waals surface area contributed by atoms with Crippen LogP contribution in [0.5, 0.6) is 5.75 Å². The fourth-order valence-electron chi connectivity index (χ4n) is 2.10. The Bertz CT molecular complexity index is 718. The molecule has 2 rings (SSSR count). The van der Waals surface area contributed by atoms with Gasteiger partial charge in [-0.15, -0.1) is 0 Å². The second-order valence-corrected chi connectivity index (χ2v) is 4.22. The summed E-state index contributed by atoms with van der Waals surface area (Å²) in [4.78, 5) is 3.94. The van der Waals surface area contributed by atoms with Gasteiger partial charge in [0, 0.05) is 11.6 Å². The van der Waals surface area contributed by atoms with Gasteiger partial charge in [-0.3, -0.25) is 4.57 Å². The quantitative estimate of drug-likeness (QED) is 0.911. The van der Waals surface area contributed by atoms with Crippen LogP contribution in [0.15, 0.2) is 24.5 Å². The lowest BCUT2D eigenvalue weighted by Crippen LogP contribution is -2.12. The third-order valence-electron chi connectivity index (χ3n) is 2.96. The number of hydrogen-bond donors (Lipinski definition) is 1. The van der Waals surface area contributed by atoms with E-state index in [-0.39, 0.29) is 17.4 Å². The summed E-state index contributed by atoms with van der Waals surface area (Å²) in [7, 11) is 1.56. The zero-order valence-corrected chi connectivity index (χ0v) is 11.2. The van der Waals surface area contributed by atoms with Crippen molar-refractivity contribution < 1.29 is 4.74 Å². The van der Waals surface area contributed by atoms with Gasteiger partial charge in [0.1, 0.15) is 24.2 Å². The number of hydrogen-bond acceptors (Lipinski definition) is 5. The highest BCUT2D eigenvalue weighted by atomic mass is 16.5. The first-order valence-corrected chi connectivity index (χ1v) is 5.94. The van der Waals surface area contributed by atoms with Crippen molar-refractivity contribution in [1.29, 1.82) is 10.5 Å². The molecule has 2 N–H and O–H groups in total. The van der Waals surface area contributed by atoms with E-state index < -0.39 is 0 Å². The number of methoxy groups -OCH3 is 1. The standard InChI is InChI=1S/C14H13N5O/c1-9(17)14-11(4-3-5-13(14)20-2)19-8-18-10(6-15)12(19)7-16/h3-5,8-9H,17H2,1-2H3/t9-/m0/s1. The Labute approximate surface area is 116 Å². The molecule has 0 aliphatic carbocycles. The molecule has 20 heavy (non-hydrogen) atoms. The zero-order chi connectivity index (χ0) is 14.7. The minimum atomic E-state index is -0.291. The summed E-state index contributed by atoms with van der Waals surface area (Å²) in [6, 6.07) is 9.01. The summed E-state index contributed by atoms with van der Waals surface area (Å²) >= 11 is 0. The molecule has 0 spiro atoms. The van der Waals surface area contributed by atoms with Crippen molar-refractivity contribution in [2.75, 3.05) is 7.11 Å². The van der Waals surface area contributed by atoms with Crippen LogP contribution in [0, 0.1) is 22.7 Å².